The monoisotopic (exact) mass is 363 g/mol. The van der Waals surface area contributed by atoms with E-state index in [4.69, 9.17) is 5.73 Å². The number of hydrogen-bond donors (Lipinski definition) is 1. The van der Waals surface area contributed by atoms with E-state index < -0.39 is 11.7 Å². The first-order chi connectivity index (χ1) is 13.0. The lowest BCUT2D eigenvalue weighted by atomic mass is 10.0. The van der Waals surface area contributed by atoms with Crippen LogP contribution in [0.4, 0.5) is 0 Å². The van der Waals surface area contributed by atoms with Gasteiger partial charge in [-0.25, -0.2) is 0 Å². The Bertz CT molecular complexity index is 1000. The minimum atomic E-state index is -1.04. The molecule has 0 saturated heterocycles. The molecule has 3 aromatic rings. The second-order valence-corrected chi connectivity index (χ2v) is 6.60. The van der Waals surface area contributed by atoms with Crippen molar-refractivity contribution >= 4 is 22.6 Å². The minimum absolute atomic E-state index is 0.167. The molecule has 0 spiro atoms. The molecule has 5 heteroatoms. The first-order valence-corrected chi connectivity index (χ1v) is 9.20. The zero-order valence-corrected chi connectivity index (χ0v) is 15.6. The lowest BCUT2D eigenvalue weighted by molar-refractivity contribution is -0.114. The number of amides is 1. The summed E-state index contributed by atoms with van der Waals surface area (Å²) in [6.45, 7) is 4.51. The van der Waals surface area contributed by atoms with E-state index in [1.165, 1.54) is 0 Å². The van der Waals surface area contributed by atoms with Crippen molar-refractivity contribution in [2.24, 2.45) is 5.73 Å². The highest BCUT2D eigenvalue weighted by Gasteiger charge is 2.27. The van der Waals surface area contributed by atoms with Gasteiger partial charge in [-0.2, -0.15) is 0 Å². The lowest BCUT2D eigenvalue weighted by Gasteiger charge is -2.11. The molecule has 1 amide bonds. The number of benzene rings is 2. The molecule has 1 radical (unpaired) electrons. The highest BCUT2D eigenvalue weighted by molar-refractivity contribution is 6.45. The van der Waals surface area contributed by atoms with Gasteiger partial charge in [-0.1, -0.05) is 44.2 Å². The van der Waals surface area contributed by atoms with Crippen molar-refractivity contribution in [3.05, 3.63) is 64.8 Å². The number of carbonyl (C=O) groups is 2. The van der Waals surface area contributed by atoms with Crippen LogP contribution in [0.2, 0.25) is 0 Å². The first kappa shape index (κ1) is 18.7. The number of primary amides is 1. The van der Waals surface area contributed by atoms with Crippen LogP contribution < -0.4 is 5.73 Å². The average Bonchev–Trinajstić information content (AvgIpc) is 3.00. The third-order valence-electron chi connectivity index (χ3n) is 4.96. The number of Topliss-reactive ketones (excluding diaryl/α,β-unsaturated/α-hetero) is 1. The average molecular weight is 363 g/mol. The lowest BCUT2D eigenvalue weighted by Crippen LogP contribution is -2.24. The van der Waals surface area contributed by atoms with Crippen LogP contribution in [0.5, 0.6) is 5.75 Å². The molecule has 2 aromatic carbocycles. The highest BCUT2D eigenvalue weighted by atomic mass is 16.3. The first-order valence-electron chi connectivity index (χ1n) is 9.20. The van der Waals surface area contributed by atoms with Crippen LogP contribution in [0, 0.1) is 0 Å². The largest absolute Gasteiger partial charge is 0.363 e. The predicted octanol–water partition coefficient (Wildman–Crippen LogP) is 3.82. The Hall–Kier alpha value is -3.08. The van der Waals surface area contributed by atoms with Crippen LogP contribution in [-0.4, -0.2) is 16.3 Å². The van der Waals surface area contributed by atoms with E-state index in [1.54, 1.807) is 6.07 Å². The Morgan fingerprint density at radius 1 is 1.00 bits per heavy atom. The van der Waals surface area contributed by atoms with Gasteiger partial charge in [-0.3, -0.25) is 14.7 Å². The van der Waals surface area contributed by atoms with Crippen molar-refractivity contribution < 1.29 is 14.7 Å². The summed E-state index contributed by atoms with van der Waals surface area (Å²) in [6, 6.07) is 13.5. The molecule has 0 aliphatic carbocycles. The summed E-state index contributed by atoms with van der Waals surface area (Å²) in [6.07, 6.45) is 2.00. The van der Waals surface area contributed by atoms with E-state index in [-0.39, 0.29) is 11.3 Å². The second kappa shape index (κ2) is 7.66. The van der Waals surface area contributed by atoms with Gasteiger partial charge in [0.15, 0.2) is 5.75 Å². The van der Waals surface area contributed by atoms with Crippen molar-refractivity contribution in [2.45, 2.75) is 39.7 Å². The third-order valence-corrected chi connectivity index (χ3v) is 4.96. The van der Waals surface area contributed by atoms with Crippen molar-refractivity contribution in [3.8, 4) is 5.75 Å². The van der Waals surface area contributed by atoms with Crippen molar-refractivity contribution in [3.63, 3.8) is 0 Å². The number of nitrogens with two attached hydrogens (primary N) is 1. The number of nitrogens with zero attached hydrogens (tertiary/aromatic N) is 1. The number of ketones is 1. The number of fused-ring (bicyclic) bond motifs is 1. The van der Waals surface area contributed by atoms with Crippen LogP contribution in [0.15, 0.2) is 42.5 Å². The van der Waals surface area contributed by atoms with Gasteiger partial charge in [0, 0.05) is 12.2 Å². The second-order valence-electron chi connectivity index (χ2n) is 6.60. The molecule has 0 bridgehead atoms. The zero-order chi connectivity index (χ0) is 19.6. The Kier molecular flexibility index (Phi) is 5.31. The van der Waals surface area contributed by atoms with E-state index in [1.807, 2.05) is 54.8 Å². The molecule has 1 aromatic heterocycles. The number of aromatic nitrogens is 1. The molecule has 0 aliphatic heterocycles. The Morgan fingerprint density at radius 3 is 2.30 bits per heavy atom. The number of aryl methyl sites for hydroxylation is 3. The van der Waals surface area contributed by atoms with Gasteiger partial charge in [-0.05, 0) is 42.5 Å². The fourth-order valence-corrected chi connectivity index (χ4v) is 3.63. The molecule has 0 aliphatic rings. The smallest absolute Gasteiger partial charge is 0.289 e. The number of hydrogen-bond acceptors (Lipinski definition) is 2. The van der Waals surface area contributed by atoms with Crippen molar-refractivity contribution in [1.82, 2.24) is 4.57 Å². The summed E-state index contributed by atoms with van der Waals surface area (Å²) in [4.78, 5) is 24.1. The summed E-state index contributed by atoms with van der Waals surface area (Å²) < 4.78 is 2.00. The summed E-state index contributed by atoms with van der Waals surface area (Å²) >= 11 is 0. The maximum Gasteiger partial charge on any atom is 0.289 e. The van der Waals surface area contributed by atoms with Gasteiger partial charge in [0.05, 0.1) is 16.5 Å². The Balaban J connectivity index is 2.22. The minimum Gasteiger partial charge on any atom is -0.363 e. The number of rotatable bonds is 7. The maximum absolute atomic E-state index is 12.7. The molecular formula is C22H23N2O3. The fourth-order valence-electron chi connectivity index (χ4n) is 3.63. The summed E-state index contributed by atoms with van der Waals surface area (Å²) in [5, 5.41) is 13.1. The van der Waals surface area contributed by atoms with Crippen molar-refractivity contribution in [1.29, 1.82) is 0 Å². The number of carbonyl (C=O) groups excluding carboxylic acids is 2. The van der Waals surface area contributed by atoms with Crippen LogP contribution in [-0.2, 0) is 35.7 Å². The van der Waals surface area contributed by atoms with Gasteiger partial charge in [0.25, 0.3) is 11.7 Å². The highest BCUT2D eigenvalue weighted by Crippen LogP contribution is 2.36. The van der Waals surface area contributed by atoms with Gasteiger partial charge in [-0.15, -0.1) is 0 Å². The van der Waals surface area contributed by atoms with Crippen LogP contribution in [0.1, 0.15) is 41.0 Å². The molecule has 0 saturated carbocycles. The SMILES string of the molecule is CCc1cc([O])c2c(C(=O)C(N)=O)c(CC)n(CCc3ccccc3)c2c1. The molecule has 27 heavy (non-hydrogen) atoms. The fraction of sp³-hybridized carbons (Fsp3) is 0.273. The molecule has 0 atom stereocenters. The van der Waals surface area contributed by atoms with Gasteiger partial charge in [0.2, 0.25) is 0 Å². The van der Waals surface area contributed by atoms with Gasteiger partial charge in [0.1, 0.15) is 0 Å². The van der Waals surface area contributed by atoms with Crippen molar-refractivity contribution in [2.75, 3.05) is 0 Å². The van der Waals surface area contributed by atoms with Crippen LogP contribution >= 0.6 is 0 Å². The molecule has 0 fully saturated rings. The summed E-state index contributed by atoms with van der Waals surface area (Å²) in [5.41, 5.74) is 8.90. The third kappa shape index (κ3) is 3.45. The maximum atomic E-state index is 12.7. The molecule has 1 heterocycles. The molecule has 139 valence electrons. The Labute approximate surface area is 158 Å². The van der Waals surface area contributed by atoms with Gasteiger partial charge >= 0.3 is 0 Å². The van der Waals surface area contributed by atoms with E-state index in [0.717, 1.165) is 24.0 Å². The van der Waals surface area contributed by atoms with E-state index in [9.17, 15) is 14.7 Å². The summed E-state index contributed by atoms with van der Waals surface area (Å²) in [7, 11) is 0. The van der Waals surface area contributed by atoms with E-state index >= 15 is 0 Å². The zero-order valence-electron chi connectivity index (χ0n) is 15.6. The Morgan fingerprint density at radius 2 is 1.70 bits per heavy atom. The molecule has 5 nitrogen and oxygen atoms in total. The molecule has 3 rings (SSSR count). The van der Waals surface area contributed by atoms with E-state index in [0.29, 0.717) is 29.6 Å². The molecular weight excluding hydrogens is 340 g/mol. The summed E-state index contributed by atoms with van der Waals surface area (Å²) in [5.74, 6) is -2.07. The normalized spacial score (nSPS) is 11.0. The van der Waals surface area contributed by atoms with Gasteiger partial charge < -0.3 is 10.3 Å². The predicted molar refractivity (Wildman–Crippen MR) is 104 cm³/mol. The quantitative estimate of drug-likeness (QED) is 0.511. The van der Waals surface area contributed by atoms with Crippen LogP contribution in [0.25, 0.3) is 10.9 Å². The molecule has 2 N–H and O–H groups in total. The molecule has 0 unspecified atom stereocenters. The standard InChI is InChI=1S/C22H23N2O3/c1-3-14-12-17-19(18(25)13-14)20(21(26)22(23)27)16(4-2)24(17)11-10-15-8-6-5-7-9-15/h5-9,12-13H,3-4,10-11H2,1-2H3,(H2,23,27). The van der Waals surface area contributed by atoms with Crippen LogP contribution in [0.3, 0.4) is 0 Å². The van der Waals surface area contributed by atoms with E-state index in [2.05, 4.69) is 0 Å². The topological polar surface area (TPSA) is 85.0 Å².